The van der Waals surface area contributed by atoms with Gasteiger partial charge in [-0.15, -0.1) is 0 Å². The highest BCUT2D eigenvalue weighted by atomic mass is 14.7. The second-order valence-electron chi connectivity index (χ2n) is 5.09. The summed E-state index contributed by atoms with van der Waals surface area (Å²) in [4.78, 5) is 8.12. The first-order valence-electron chi connectivity index (χ1n) is 6.76. The van der Waals surface area contributed by atoms with Gasteiger partial charge in [0.15, 0.2) is 0 Å². The van der Waals surface area contributed by atoms with E-state index in [1.165, 1.54) is 21.9 Å². The van der Waals surface area contributed by atoms with Gasteiger partial charge in [0.1, 0.15) is 0 Å². The molecule has 0 radical (unpaired) electrons. The van der Waals surface area contributed by atoms with Crippen LogP contribution >= 0.6 is 0 Å². The Labute approximate surface area is 117 Å². The number of hydrogen-bond donors (Lipinski definition) is 1. The van der Waals surface area contributed by atoms with Gasteiger partial charge in [0.05, 0.1) is 11.2 Å². The van der Waals surface area contributed by atoms with E-state index in [2.05, 4.69) is 60.6 Å². The minimum atomic E-state index is 1.02. The number of aryl methyl sites for hydroxylation is 1. The van der Waals surface area contributed by atoms with Gasteiger partial charge >= 0.3 is 0 Å². The fourth-order valence-corrected chi connectivity index (χ4v) is 2.79. The highest BCUT2D eigenvalue weighted by molar-refractivity contribution is 5.98. The molecule has 0 atom stereocenters. The molecule has 0 fully saturated rings. The van der Waals surface area contributed by atoms with Gasteiger partial charge in [0.2, 0.25) is 0 Å². The minimum Gasteiger partial charge on any atom is -0.360 e. The van der Waals surface area contributed by atoms with Crippen LogP contribution in [-0.2, 0) is 0 Å². The Bertz CT molecular complexity index is 919. The standard InChI is InChI=1S/C18H14N2/c1-12-5-4-8-17-18(12)14(11-19-17)16-10-9-13-6-2-3-7-15(13)20-16/h2-11,19H,1H3. The number of nitrogens with zero attached hydrogens (tertiary/aromatic N) is 1. The first-order chi connectivity index (χ1) is 9.83. The Hall–Kier alpha value is -2.61. The van der Waals surface area contributed by atoms with Crippen molar-refractivity contribution in [2.75, 3.05) is 0 Å². The molecule has 4 aromatic rings. The van der Waals surface area contributed by atoms with Crippen LogP contribution in [0, 0.1) is 6.92 Å². The third-order valence-corrected chi connectivity index (χ3v) is 3.79. The molecule has 0 spiro atoms. The maximum absolute atomic E-state index is 4.79. The van der Waals surface area contributed by atoms with Gasteiger partial charge in [-0.1, -0.05) is 36.4 Å². The Balaban J connectivity index is 2.01. The van der Waals surface area contributed by atoms with E-state index in [-0.39, 0.29) is 0 Å². The molecule has 0 bridgehead atoms. The van der Waals surface area contributed by atoms with Crippen molar-refractivity contribution < 1.29 is 0 Å². The van der Waals surface area contributed by atoms with Crippen LogP contribution in [0.1, 0.15) is 5.56 Å². The molecule has 1 N–H and O–H groups in total. The van der Waals surface area contributed by atoms with Gasteiger partial charge in [0.25, 0.3) is 0 Å². The van der Waals surface area contributed by atoms with Crippen molar-refractivity contribution in [2.45, 2.75) is 6.92 Å². The molecule has 2 heterocycles. The average Bonchev–Trinajstić information content (AvgIpc) is 2.92. The van der Waals surface area contributed by atoms with Crippen LogP contribution in [0.25, 0.3) is 33.1 Å². The molecule has 2 aromatic heterocycles. The van der Waals surface area contributed by atoms with Gasteiger partial charge < -0.3 is 4.98 Å². The fraction of sp³-hybridized carbons (Fsp3) is 0.0556. The van der Waals surface area contributed by atoms with Crippen molar-refractivity contribution in [3.05, 3.63) is 66.4 Å². The van der Waals surface area contributed by atoms with E-state index in [0.29, 0.717) is 0 Å². The number of aromatic amines is 1. The summed E-state index contributed by atoms with van der Waals surface area (Å²) >= 11 is 0. The van der Waals surface area contributed by atoms with Crippen molar-refractivity contribution in [1.82, 2.24) is 9.97 Å². The lowest BCUT2D eigenvalue weighted by atomic mass is 10.0. The van der Waals surface area contributed by atoms with Crippen molar-refractivity contribution in [2.24, 2.45) is 0 Å². The van der Waals surface area contributed by atoms with Crippen LogP contribution in [-0.4, -0.2) is 9.97 Å². The largest absolute Gasteiger partial charge is 0.360 e. The Morgan fingerprint density at radius 2 is 1.80 bits per heavy atom. The molecule has 0 saturated carbocycles. The molecule has 20 heavy (non-hydrogen) atoms. The van der Waals surface area contributed by atoms with Crippen molar-refractivity contribution >= 4 is 21.8 Å². The topological polar surface area (TPSA) is 28.7 Å². The number of hydrogen-bond acceptors (Lipinski definition) is 1. The summed E-state index contributed by atoms with van der Waals surface area (Å²) in [6.45, 7) is 2.14. The van der Waals surface area contributed by atoms with E-state index in [1.807, 2.05) is 12.1 Å². The molecule has 0 amide bonds. The summed E-state index contributed by atoms with van der Waals surface area (Å²) in [5.74, 6) is 0. The van der Waals surface area contributed by atoms with Crippen molar-refractivity contribution in [1.29, 1.82) is 0 Å². The number of rotatable bonds is 1. The fourth-order valence-electron chi connectivity index (χ4n) is 2.79. The maximum atomic E-state index is 4.79. The van der Waals surface area contributed by atoms with E-state index in [9.17, 15) is 0 Å². The van der Waals surface area contributed by atoms with Crippen molar-refractivity contribution in [3.8, 4) is 11.3 Å². The SMILES string of the molecule is Cc1cccc2[nH]cc(-c3ccc4ccccc4n3)c12. The second kappa shape index (κ2) is 4.20. The van der Waals surface area contributed by atoms with Crippen LogP contribution in [0.2, 0.25) is 0 Å². The Kier molecular flexibility index (Phi) is 2.36. The molecular formula is C18H14N2. The molecule has 0 saturated heterocycles. The van der Waals surface area contributed by atoms with Crippen LogP contribution in [0.15, 0.2) is 60.8 Å². The zero-order chi connectivity index (χ0) is 13.5. The number of nitrogens with one attached hydrogen (secondary N) is 1. The normalized spacial score (nSPS) is 11.2. The average molecular weight is 258 g/mol. The summed E-state index contributed by atoms with van der Waals surface area (Å²) in [6.07, 6.45) is 2.05. The molecule has 2 aromatic carbocycles. The minimum absolute atomic E-state index is 1.02. The quantitative estimate of drug-likeness (QED) is 0.527. The molecule has 2 nitrogen and oxygen atoms in total. The molecular weight excluding hydrogens is 244 g/mol. The van der Waals surface area contributed by atoms with Crippen molar-refractivity contribution in [3.63, 3.8) is 0 Å². The summed E-state index contributed by atoms with van der Waals surface area (Å²) in [5.41, 5.74) is 5.66. The summed E-state index contributed by atoms with van der Waals surface area (Å²) < 4.78 is 0. The third kappa shape index (κ3) is 1.62. The van der Waals surface area contributed by atoms with Gasteiger partial charge in [-0.05, 0) is 30.7 Å². The smallest absolute Gasteiger partial charge is 0.0731 e. The molecule has 0 unspecified atom stereocenters. The zero-order valence-electron chi connectivity index (χ0n) is 11.2. The molecule has 96 valence electrons. The second-order valence-corrected chi connectivity index (χ2v) is 5.09. The molecule has 0 aliphatic rings. The number of para-hydroxylation sites is 1. The summed E-state index contributed by atoms with van der Waals surface area (Å²) in [6, 6.07) is 18.8. The van der Waals surface area contributed by atoms with Crippen LogP contribution in [0.3, 0.4) is 0 Å². The molecule has 2 heteroatoms. The van der Waals surface area contributed by atoms with Crippen LogP contribution in [0.5, 0.6) is 0 Å². The Morgan fingerprint density at radius 3 is 2.75 bits per heavy atom. The van der Waals surface area contributed by atoms with Gasteiger partial charge in [-0.2, -0.15) is 0 Å². The van der Waals surface area contributed by atoms with E-state index >= 15 is 0 Å². The van der Waals surface area contributed by atoms with E-state index in [4.69, 9.17) is 4.98 Å². The monoisotopic (exact) mass is 258 g/mol. The van der Waals surface area contributed by atoms with Crippen LogP contribution in [0.4, 0.5) is 0 Å². The molecule has 0 aliphatic heterocycles. The number of aromatic nitrogens is 2. The first-order valence-corrected chi connectivity index (χ1v) is 6.76. The molecule has 4 rings (SSSR count). The first kappa shape index (κ1) is 11.2. The van der Waals surface area contributed by atoms with Crippen LogP contribution < -0.4 is 0 Å². The predicted molar refractivity (Wildman–Crippen MR) is 83.8 cm³/mol. The van der Waals surface area contributed by atoms with Gasteiger partial charge in [-0.3, -0.25) is 0 Å². The highest BCUT2D eigenvalue weighted by Gasteiger charge is 2.09. The summed E-state index contributed by atoms with van der Waals surface area (Å²) in [5, 5.41) is 2.43. The Morgan fingerprint density at radius 1 is 0.900 bits per heavy atom. The molecule has 0 aliphatic carbocycles. The third-order valence-electron chi connectivity index (χ3n) is 3.79. The lowest BCUT2D eigenvalue weighted by molar-refractivity contribution is 1.39. The van der Waals surface area contributed by atoms with Gasteiger partial charge in [-0.25, -0.2) is 4.98 Å². The summed E-state index contributed by atoms with van der Waals surface area (Å²) in [7, 11) is 0. The highest BCUT2D eigenvalue weighted by Crippen LogP contribution is 2.30. The number of pyridine rings is 1. The number of fused-ring (bicyclic) bond motifs is 2. The number of benzene rings is 2. The predicted octanol–water partition coefficient (Wildman–Crippen LogP) is 4.69. The number of H-pyrrole nitrogens is 1. The zero-order valence-corrected chi connectivity index (χ0v) is 11.2. The lowest BCUT2D eigenvalue weighted by Crippen LogP contribution is -1.85. The maximum Gasteiger partial charge on any atom is 0.0731 e. The van der Waals surface area contributed by atoms with E-state index in [0.717, 1.165) is 16.7 Å². The van der Waals surface area contributed by atoms with E-state index in [1.54, 1.807) is 0 Å². The van der Waals surface area contributed by atoms with Gasteiger partial charge in [0, 0.05) is 28.0 Å². The van der Waals surface area contributed by atoms with E-state index < -0.39 is 0 Å². The lowest BCUT2D eigenvalue weighted by Gasteiger charge is -2.03.